The Bertz CT molecular complexity index is 478. The van der Waals surface area contributed by atoms with Crippen molar-refractivity contribution in [1.82, 2.24) is 0 Å². The average Bonchev–Trinajstić information content (AvgIpc) is 2.54. The van der Waals surface area contributed by atoms with E-state index in [-0.39, 0.29) is 11.5 Å². The van der Waals surface area contributed by atoms with E-state index in [0.29, 0.717) is 5.75 Å². The van der Waals surface area contributed by atoms with Crippen LogP contribution in [0.25, 0.3) is 0 Å². The minimum Gasteiger partial charge on any atom is -0.507 e. The lowest BCUT2D eigenvalue weighted by molar-refractivity contribution is 0.117. The Balaban J connectivity index is 2.75. The maximum absolute atomic E-state index is 10.2. The van der Waals surface area contributed by atoms with E-state index < -0.39 is 0 Å². The Morgan fingerprint density at radius 3 is 2.29 bits per heavy atom. The van der Waals surface area contributed by atoms with Gasteiger partial charge in [0.2, 0.25) is 0 Å². The van der Waals surface area contributed by atoms with Crippen LogP contribution in [0.5, 0.6) is 11.5 Å². The molecule has 94 valence electrons. The highest BCUT2D eigenvalue weighted by Gasteiger charge is 2.43. The third kappa shape index (κ3) is 1.67. The van der Waals surface area contributed by atoms with Crippen LogP contribution in [0.1, 0.15) is 42.0 Å². The fourth-order valence-electron chi connectivity index (χ4n) is 2.62. The third-order valence-electron chi connectivity index (χ3n) is 3.97. The molecule has 1 atom stereocenters. The number of hydrogen-bond acceptors (Lipinski definition) is 2. The van der Waals surface area contributed by atoms with Gasteiger partial charge < -0.3 is 9.84 Å². The second kappa shape index (κ2) is 3.91. The molecule has 0 spiro atoms. The van der Waals surface area contributed by atoms with Gasteiger partial charge >= 0.3 is 0 Å². The summed E-state index contributed by atoms with van der Waals surface area (Å²) >= 11 is 3.56. The van der Waals surface area contributed by atoms with Crippen molar-refractivity contribution in [2.45, 2.75) is 46.1 Å². The summed E-state index contributed by atoms with van der Waals surface area (Å²) in [5, 5.41) is 11.0. The molecule has 0 bridgehead atoms. The van der Waals surface area contributed by atoms with Crippen LogP contribution < -0.4 is 4.74 Å². The van der Waals surface area contributed by atoms with E-state index in [1.165, 1.54) is 0 Å². The van der Waals surface area contributed by atoms with E-state index in [1.54, 1.807) is 0 Å². The number of fused-ring (bicyclic) bond motifs is 1. The van der Waals surface area contributed by atoms with Crippen LogP contribution in [0.4, 0.5) is 0 Å². The molecule has 17 heavy (non-hydrogen) atoms. The van der Waals surface area contributed by atoms with Crippen LogP contribution in [0.15, 0.2) is 0 Å². The first-order chi connectivity index (χ1) is 7.81. The molecule has 0 aromatic heterocycles. The SMILES string of the molecule is Cc1c(C)c2c(c(C)c1O)[C@@H](CBr)C(C)(C)O2. The topological polar surface area (TPSA) is 29.5 Å². The van der Waals surface area contributed by atoms with Gasteiger partial charge in [-0.15, -0.1) is 0 Å². The lowest BCUT2D eigenvalue weighted by atomic mass is 9.84. The summed E-state index contributed by atoms with van der Waals surface area (Å²) in [4.78, 5) is 0. The summed E-state index contributed by atoms with van der Waals surface area (Å²) in [5.41, 5.74) is 3.87. The average molecular weight is 299 g/mol. The minimum atomic E-state index is -0.221. The monoisotopic (exact) mass is 298 g/mol. The third-order valence-corrected chi connectivity index (χ3v) is 4.62. The second-order valence-electron chi connectivity index (χ2n) is 5.38. The van der Waals surface area contributed by atoms with Crippen LogP contribution in [-0.4, -0.2) is 16.0 Å². The van der Waals surface area contributed by atoms with Crippen molar-refractivity contribution in [1.29, 1.82) is 0 Å². The van der Waals surface area contributed by atoms with Crippen molar-refractivity contribution in [2.75, 3.05) is 5.33 Å². The number of benzene rings is 1. The first-order valence-electron chi connectivity index (χ1n) is 5.88. The Hall–Kier alpha value is -0.700. The van der Waals surface area contributed by atoms with E-state index in [1.807, 2.05) is 20.8 Å². The normalized spacial score (nSPS) is 21.2. The Morgan fingerprint density at radius 2 is 1.76 bits per heavy atom. The summed E-state index contributed by atoms with van der Waals surface area (Å²) < 4.78 is 6.10. The van der Waals surface area contributed by atoms with Crippen molar-refractivity contribution in [3.63, 3.8) is 0 Å². The number of hydrogen-bond donors (Lipinski definition) is 1. The second-order valence-corrected chi connectivity index (χ2v) is 6.03. The maximum Gasteiger partial charge on any atom is 0.127 e. The van der Waals surface area contributed by atoms with Crippen LogP contribution >= 0.6 is 15.9 Å². The quantitative estimate of drug-likeness (QED) is 0.795. The molecular weight excluding hydrogens is 280 g/mol. The molecule has 0 fully saturated rings. The number of alkyl halides is 1. The van der Waals surface area contributed by atoms with Crippen molar-refractivity contribution in [3.8, 4) is 11.5 Å². The van der Waals surface area contributed by atoms with Gasteiger partial charge in [-0.1, -0.05) is 15.9 Å². The Kier molecular flexibility index (Phi) is 2.93. The van der Waals surface area contributed by atoms with Gasteiger partial charge in [0.1, 0.15) is 17.1 Å². The van der Waals surface area contributed by atoms with Crippen molar-refractivity contribution >= 4 is 15.9 Å². The van der Waals surface area contributed by atoms with Gasteiger partial charge in [-0.2, -0.15) is 0 Å². The van der Waals surface area contributed by atoms with Gasteiger partial charge in [-0.05, 0) is 51.3 Å². The van der Waals surface area contributed by atoms with Crippen molar-refractivity contribution < 1.29 is 9.84 Å². The number of phenols is 1. The predicted molar refractivity (Wildman–Crippen MR) is 73.6 cm³/mol. The standard InChI is InChI=1S/C14H19BrO2/c1-7-8(2)13-11(9(3)12(7)16)10(6-15)14(4,5)17-13/h10,16H,6H2,1-5H3/t10-/m1/s1. The zero-order chi connectivity index (χ0) is 13.0. The molecule has 1 heterocycles. The van der Waals surface area contributed by atoms with Crippen LogP contribution in [0.3, 0.4) is 0 Å². The van der Waals surface area contributed by atoms with Crippen molar-refractivity contribution in [3.05, 3.63) is 22.3 Å². The highest BCUT2D eigenvalue weighted by atomic mass is 79.9. The van der Waals surface area contributed by atoms with Gasteiger partial charge in [0.25, 0.3) is 0 Å². The molecule has 1 aliphatic rings. The molecule has 1 aromatic carbocycles. The Labute approximate surface area is 111 Å². The van der Waals surface area contributed by atoms with Gasteiger partial charge in [0.15, 0.2) is 0 Å². The van der Waals surface area contributed by atoms with Crippen molar-refractivity contribution in [2.24, 2.45) is 0 Å². The number of rotatable bonds is 1. The van der Waals surface area contributed by atoms with E-state index in [9.17, 15) is 5.11 Å². The lowest BCUT2D eigenvalue weighted by Crippen LogP contribution is -2.31. The van der Waals surface area contributed by atoms with Gasteiger partial charge in [-0.25, -0.2) is 0 Å². The number of halogens is 1. The fourth-order valence-corrected chi connectivity index (χ4v) is 3.73. The van der Waals surface area contributed by atoms with E-state index in [2.05, 4.69) is 29.8 Å². The van der Waals surface area contributed by atoms with E-state index in [4.69, 9.17) is 4.74 Å². The fraction of sp³-hybridized carbons (Fsp3) is 0.571. The molecule has 2 rings (SSSR count). The first-order valence-corrected chi connectivity index (χ1v) is 7.01. The molecule has 0 saturated carbocycles. The minimum absolute atomic E-state index is 0.221. The summed E-state index contributed by atoms with van der Waals surface area (Å²) in [6.45, 7) is 10.1. The summed E-state index contributed by atoms with van der Waals surface area (Å²) in [5.74, 6) is 1.66. The number of ether oxygens (including phenoxy) is 1. The smallest absolute Gasteiger partial charge is 0.127 e. The lowest BCUT2D eigenvalue weighted by Gasteiger charge is -2.25. The molecule has 0 amide bonds. The predicted octanol–water partition coefficient (Wildman–Crippen LogP) is 3.97. The van der Waals surface area contributed by atoms with Gasteiger partial charge in [0.05, 0.1) is 0 Å². The largest absolute Gasteiger partial charge is 0.507 e. The summed E-state index contributed by atoms with van der Waals surface area (Å²) in [6, 6.07) is 0. The number of aromatic hydroxyl groups is 1. The molecule has 1 aromatic rings. The maximum atomic E-state index is 10.2. The van der Waals surface area contributed by atoms with Crippen LogP contribution in [-0.2, 0) is 0 Å². The van der Waals surface area contributed by atoms with E-state index in [0.717, 1.165) is 33.3 Å². The molecule has 0 unspecified atom stereocenters. The van der Waals surface area contributed by atoms with Gasteiger partial charge in [0, 0.05) is 16.8 Å². The highest BCUT2D eigenvalue weighted by Crippen LogP contribution is 2.51. The zero-order valence-corrected chi connectivity index (χ0v) is 12.6. The molecule has 0 saturated heterocycles. The van der Waals surface area contributed by atoms with Crippen LogP contribution in [0.2, 0.25) is 0 Å². The molecule has 1 aliphatic heterocycles. The molecule has 2 nitrogen and oxygen atoms in total. The summed E-state index contributed by atoms with van der Waals surface area (Å²) in [7, 11) is 0. The first kappa shape index (κ1) is 12.7. The molecule has 0 aliphatic carbocycles. The molecule has 3 heteroatoms. The molecular formula is C14H19BrO2. The Morgan fingerprint density at radius 1 is 1.18 bits per heavy atom. The molecule has 0 radical (unpaired) electrons. The van der Waals surface area contributed by atoms with Gasteiger partial charge in [-0.3, -0.25) is 0 Å². The molecule has 1 N–H and O–H groups in total. The summed E-state index contributed by atoms with van der Waals surface area (Å²) in [6.07, 6.45) is 0. The van der Waals surface area contributed by atoms with E-state index >= 15 is 0 Å². The highest BCUT2D eigenvalue weighted by molar-refractivity contribution is 9.09. The number of phenolic OH excluding ortho intramolecular Hbond substituents is 1. The van der Waals surface area contributed by atoms with Crippen LogP contribution in [0, 0.1) is 20.8 Å². The zero-order valence-electron chi connectivity index (χ0n) is 11.0.